The first-order valence-electron chi connectivity index (χ1n) is 9.62. The molecule has 0 saturated carbocycles. The minimum Gasteiger partial charge on any atom is -0.383 e. The van der Waals surface area contributed by atoms with Gasteiger partial charge in [0, 0.05) is 31.2 Å². The molecule has 0 aliphatic carbocycles. The van der Waals surface area contributed by atoms with Crippen molar-refractivity contribution in [3.63, 3.8) is 0 Å². The Morgan fingerprint density at radius 1 is 1.19 bits per heavy atom. The van der Waals surface area contributed by atoms with Crippen LogP contribution in [-0.4, -0.2) is 37.1 Å². The third kappa shape index (κ3) is 3.70. The minimum atomic E-state index is -4.51. The lowest BCUT2D eigenvalue weighted by Gasteiger charge is -2.21. The predicted octanol–water partition coefficient (Wildman–Crippen LogP) is 3.92. The highest BCUT2D eigenvalue weighted by atomic mass is 19.4. The average Bonchev–Trinajstić information content (AvgIpc) is 3.13. The van der Waals surface area contributed by atoms with Crippen molar-refractivity contribution in [1.82, 2.24) is 24.6 Å². The van der Waals surface area contributed by atoms with Crippen LogP contribution in [0.1, 0.15) is 28.5 Å². The molecule has 11 heteroatoms. The number of rotatable bonds is 4. The van der Waals surface area contributed by atoms with Crippen molar-refractivity contribution in [3.8, 4) is 0 Å². The maximum atomic E-state index is 14.9. The van der Waals surface area contributed by atoms with E-state index < -0.39 is 23.5 Å². The number of carbonyl (C=O) groups is 1. The normalized spacial score (nSPS) is 11.9. The second-order valence-electron chi connectivity index (χ2n) is 7.23. The Balaban J connectivity index is 1.71. The molecule has 4 rings (SSSR count). The number of aryl methyl sites for hydroxylation is 1. The van der Waals surface area contributed by atoms with Gasteiger partial charge in [-0.1, -0.05) is 0 Å². The second-order valence-corrected chi connectivity index (χ2v) is 7.23. The van der Waals surface area contributed by atoms with Crippen molar-refractivity contribution in [2.75, 3.05) is 12.3 Å². The van der Waals surface area contributed by atoms with Crippen molar-refractivity contribution in [2.45, 2.75) is 19.6 Å². The summed E-state index contributed by atoms with van der Waals surface area (Å²) in [5.74, 6) is -1.21. The lowest BCUT2D eigenvalue weighted by Crippen LogP contribution is -2.31. The lowest BCUT2D eigenvalue weighted by atomic mass is 10.1. The molecule has 2 N–H and O–H groups in total. The zero-order valence-electron chi connectivity index (χ0n) is 17.1. The number of nitrogen functional groups attached to an aromatic ring is 1. The van der Waals surface area contributed by atoms with E-state index in [2.05, 4.69) is 15.1 Å². The predicted molar refractivity (Wildman–Crippen MR) is 110 cm³/mol. The Morgan fingerprint density at radius 2 is 1.94 bits per heavy atom. The Hall–Kier alpha value is -3.76. The van der Waals surface area contributed by atoms with Crippen molar-refractivity contribution in [3.05, 3.63) is 59.3 Å². The van der Waals surface area contributed by atoms with Crippen LogP contribution in [0.3, 0.4) is 0 Å². The van der Waals surface area contributed by atoms with Crippen LogP contribution in [0.2, 0.25) is 0 Å². The first kappa shape index (κ1) is 21.5. The van der Waals surface area contributed by atoms with Gasteiger partial charge in [0.05, 0.1) is 46.0 Å². The number of fused-ring (bicyclic) bond motifs is 3. The minimum absolute atomic E-state index is 0.0773. The fourth-order valence-electron chi connectivity index (χ4n) is 3.52. The van der Waals surface area contributed by atoms with Gasteiger partial charge in [0.15, 0.2) is 0 Å². The molecule has 0 saturated heterocycles. The lowest BCUT2D eigenvalue weighted by molar-refractivity contribution is -0.137. The molecule has 0 atom stereocenters. The number of benzene rings is 1. The quantitative estimate of drug-likeness (QED) is 0.480. The topological polar surface area (TPSA) is 89.9 Å². The number of pyridine rings is 2. The van der Waals surface area contributed by atoms with Crippen LogP contribution in [0.25, 0.3) is 21.8 Å². The van der Waals surface area contributed by atoms with Crippen molar-refractivity contribution in [2.24, 2.45) is 7.05 Å². The summed E-state index contributed by atoms with van der Waals surface area (Å²) in [7, 11) is 1.70. The molecule has 1 aromatic carbocycles. The maximum absolute atomic E-state index is 14.9. The van der Waals surface area contributed by atoms with Crippen LogP contribution >= 0.6 is 0 Å². The van der Waals surface area contributed by atoms with Gasteiger partial charge >= 0.3 is 6.18 Å². The third-order valence-corrected chi connectivity index (χ3v) is 5.20. The van der Waals surface area contributed by atoms with Gasteiger partial charge in [0.2, 0.25) is 0 Å². The summed E-state index contributed by atoms with van der Waals surface area (Å²) in [4.78, 5) is 22.4. The van der Waals surface area contributed by atoms with E-state index in [4.69, 9.17) is 5.73 Å². The zero-order valence-corrected chi connectivity index (χ0v) is 17.1. The van der Waals surface area contributed by atoms with Gasteiger partial charge in [-0.15, -0.1) is 0 Å². The number of alkyl halides is 3. The van der Waals surface area contributed by atoms with Crippen LogP contribution in [0.5, 0.6) is 0 Å². The van der Waals surface area contributed by atoms with Crippen LogP contribution in [0.4, 0.5) is 23.4 Å². The van der Waals surface area contributed by atoms with E-state index >= 15 is 0 Å². The molecule has 7 nitrogen and oxygen atoms in total. The van der Waals surface area contributed by atoms with E-state index in [0.29, 0.717) is 22.5 Å². The van der Waals surface area contributed by atoms with Crippen molar-refractivity contribution >= 4 is 33.5 Å². The Kier molecular flexibility index (Phi) is 5.19. The molecule has 1 amide bonds. The molecule has 4 aromatic rings. The number of halogens is 4. The molecule has 166 valence electrons. The van der Waals surface area contributed by atoms with Crippen molar-refractivity contribution in [1.29, 1.82) is 0 Å². The summed E-state index contributed by atoms with van der Waals surface area (Å²) >= 11 is 0. The molecule has 3 heterocycles. The van der Waals surface area contributed by atoms with Gasteiger partial charge in [-0.05, 0) is 25.1 Å². The molecule has 0 fully saturated rings. The molecule has 0 aliphatic heterocycles. The van der Waals surface area contributed by atoms with Crippen LogP contribution in [0, 0.1) is 5.82 Å². The summed E-state index contributed by atoms with van der Waals surface area (Å²) in [6.07, 6.45) is -2.26. The number of amides is 1. The van der Waals surface area contributed by atoms with E-state index in [-0.39, 0.29) is 35.7 Å². The first-order chi connectivity index (χ1) is 15.1. The molecular formula is C21H18F4N6O. The Bertz CT molecular complexity index is 1330. The van der Waals surface area contributed by atoms with Gasteiger partial charge < -0.3 is 10.6 Å². The maximum Gasteiger partial charge on any atom is 0.417 e. The number of anilines is 1. The summed E-state index contributed by atoms with van der Waals surface area (Å²) < 4.78 is 54.7. The highest BCUT2D eigenvalue weighted by molar-refractivity contribution is 6.10. The summed E-state index contributed by atoms with van der Waals surface area (Å²) in [6, 6.07) is 4.62. The standard InChI is InChI=1S/C21H18F4N6O/c1-3-31(10-12-5-4-11(8-27-12)21(23,24)25)20(32)13-6-14-17(7-16(13)22)29-19(26)15-9-28-30(2)18(14)15/h4-9H,3,10H2,1-2H3,(H2,26,29). The number of nitrogens with two attached hydrogens (primary N) is 1. The largest absolute Gasteiger partial charge is 0.417 e. The van der Waals surface area contributed by atoms with E-state index in [9.17, 15) is 22.4 Å². The number of carbonyl (C=O) groups excluding carboxylic acids is 1. The summed E-state index contributed by atoms with van der Waals surface area (Å²) in [5.41, 5.74) is 5.99. The Labute approximate surface area is 179 Å². The molecule has 0 spiro atoms. The van der Waals surface area contributed by atoms with Crippen LogP contribution in [0.15, 0.2) is 36.7 Å². The number of hydrogen-bond donors (Lipinski definition) is 1. The molecule has 0 radical (unpaired) electrons. The van der Waals surface area contributed by atoms with Gasteiger partial charge in [-0.2, -0.15) is 18.3 Å². The molecular weight excluding hydrogens is 428 g/mol. The molecule has 0 aliphatic rings. The molecule has 32 heavy (non-hydrogen) atoms. The zero-order chi connectivity index (χ0) is 23.2. The SMILES string of the molecule is CCN(Cc1ccc(C(F)(F)F)cn1)C(=O)c1cc2c(cc1F)nc(N)c1cnn(C)c12. The highest BCUT2D eigenvalue weighted by Gasteiger charge is 2.31. The third-order valence-electron chi connectivity index (χ3n) is 5.20. The van der Waals surface area contributed by atoms with E-state index in [0.717, 1.165) is 12.1 Å². The highest BCUT2D eigenvalue weighted by Crippen LogP contribution is 2.30. The van der Waals surface area contributed by atoms with Crippen LogP contribution < -0.4 is 5.73 Å². The van der Waals surface area contributed by atoms with E-state index in [1.165, 1.54) is 23.2 Å². The van der Waals surface area contributed by atoms with Gasteiger partial charge in [-0.3, -0.25) is 14.5 Å². The first-order valence-corrected chi connectivity index (χ1v) is 9.62. The average molecular weight is 446 g/mol. The smallest absolute Gasteiger partial charge is 0.383 e. The second kappa shape index (κ2) is 7.74. The molecule has 3 aromatic heterocycles. The van der Waals surface area contributed by atoms with Gasteiger partial charge in [0.25, 0.3) is 5.91 Å². The molecule has 0 unspecified atom stereocenters. The summed E-state index contributed by atoms with van der Waals surface area (Å²) in [5, 5.41) is 5.23. The van der Waals surface area contributed by atoms with Gasteiger partial charge in [-0.25, -0.2) is 9.37 Å². The van der Waals surface area contributed by atoms with E-state index in [1.54, 1.807) is 18.7 Å². The summed E-state index contributed by atoms with van der Waals surface area (Å²) in [6.45, 7) is 1.80. The number of hydrogen-bond acceptors (Lipinski definition) is 5. The molecule has 0 bridgehead atoms. The number of nitrogens with zero attached hydrogens (tertiary/aromatic N) is 5. The van der Waals surface area contributed by atoms with Crippen molar-refractivity contribution < 1.29 is 22.4 Å². The fourth-order valence-corrected chi connectivity index (χ4v) is 3.52. The van der Waals surface area contributed by atoms with Crippen LogP contribution in [-0.2, 0) is 19.8 Å². The fraction of sp³-hybridized carbons (Fsp3) is 0.238. The monoisotopic (exact) mass is 446 g/mol. The Morgan fingerprint density at radius 3 is 2.56 bits per heavy atom. The van der Waals surface area contributed by atoms with Gasteiger partial charge in [0.1, 0.15) is 11.6 Å². The van der Waals surface area contributed by atoms with E-state index in [1.807, 2.05) is 0 Å². The number of aromatic nitrogens is 4.